The van der Waals surface area contributed by atoms with Gasteiger partial charge >= 0.3 is 0 Å². The first-order valence-electron chi connectivity index (χ1n) is 9.50. The van der Waals surface area contributed by atoms with Crippen LogP contribution in [-0.4, -0.2) is 26.9 Å². The molecule has 2 aliphatic heterocycles. The lowest BCUT2D eigenvalue weighted by Gasteiger charge is -2.38. The number of carbonyl (C=O) groups is 1. The van der Waals surface area contributed by atoms with Gasteiger partial charge in [-0.2, -0.15) is 0 Å². The van der Waals surface area contributed by atoms with Crippen molar-refractivity contribution in [3.63, 3.8) is 0 Å². The summed E-state index contributed by atoms with van der Waals surface area (Å²) in [5.41, 5.74) is 2.94. The quantitative estimate of drug-likeness (QED) is 0.703. The third-order valence-corrected chi connectivity index (χ3v) is 5.27. The minimum atomic E-state index is -0.468. The van der Waals surface area contributed by atoms with Crippen molar-refractivity contribution >= 4 is 17.3 Å². The van der Waals surface area contributed by atoms with Crippen molar-refractivity contribution in [1.82, 2.24) is 0 Å². The summed E-state index contributed by atoms with van der Waals surface area (Å²) < 4.78 is 21.9. The molecule has 0 fully saturated rings. The fraction of sp³-hybridized carbons (Fsp3) is 0.174. The van der Waals surface area contributed by atoms with Crippen LogP contribution in [0.3, 0.4) is 0 Å². The lowest BCUT2D eigenvalue weighted by atomic mass is 10.0. The van der Waals surface area contributed by atoms with Crippen LogP contribution in [-0.2, 0) is 0 Å². The molecular formula is C23H20N2O5. The SMILES string of the molecule is COc1ccc(N2C(=O)c3ccccc3N[C@H]2c2cc(OC)c3c(c2)OCO3)cc1. The van der Waals surface area contributed by atoms with Gasteiger partial charge in [-0.05, 0) is 48.5 Å². The van der Waals surface area contributed by atoms with Crippen molar-refractivity contribution in [3.8, 4) is 23.0 Å². The second-order valence-corrected chi connectivity index (χ2v) is 6.92. The molecule has 0 saturated heterocycles. The van der Waals surface area contributed by atoms with Crippen LogP contribution in [0.4, 0.5) is 11.4 Å². The highest BCUT2D eigenvalue weighted by atomic mass is 16.7. The van der Waals surface area contributed by atoms with Crippen molar-refractivity contribution in [1.29, 1.82) is 0 Å². The zero-order valence-electron chi connectivity index (χ0n) is 16.5. The van der Waals surface area contributed by atoms with E-state index < -0.39 is 6.17 Å². The monoisotopic (exact) mass is 404 g/mol. The molecule has 1 atom stereocenters. The number of amides is 1. The molecule has 3 aromatic rings. The van der Waals surface area contributed by atoms with E-state index in [2.05, 4.69) is 5.32 Å². The Morgan fingerprint density at radius 2 is 1.80 bits per heavy atom. The van der Waals surface area contributed by atoms with Crippen LogP contribution >= 0.6 is 0 Å². The van der Waals surface area contributed by atoms with Crippen LogP contribution in [0.25, 0.3) is 0 Å². The van der Waals surface area contributed by atoms with E-state index >= 15 is 0 Å². The first kappa shape index (κ1) is 18.2. The molecule has 0 spiro atoms. The molecule has 0 unspecified atom stereocenters. The van der Waals surface area contributed by atoms with Gasteiger partial charge < -0.3 is 24.3 Å². The van der Waals surface area contributed by atoms with Gasteiger partial charge in [-0.15, -0.1) is 0 Å². The molecule has 30 heavy (non-hydrogen) atoms. The summed E-state index contributed by atoms with van der Waals surface area (Å²) in [6, 6.07) is 18.6. The number of methoxy groups -OCH3 is 2. The standard InChI is InChI=1S/C23H20N2O5/c1-27-16-9-7-15(8-10-16)25-22(24-18-6-4-3-5-17(18)23(25)26)14-11-19(28-2)21-20(12-14)29-13-30-21/h3-12,22,24H,13H2,1-2H3/t22-/m1/s1. The van der Waals surface area contributed by atoms with Crippen molar-refractivity contribution in [2.45, 2.75) is 6.17 Å². The topological polar surface area (TPSA) is 69.3 Å². The number of carbonyl (C=O) groups excluding carboxylic acids is 1. The molecule has 7 nitrogen and oxygen atoms in total. The molecule has 0 saturated carbocycles. The molecule has 5 rings (SSSR count). The average molecular weight is 404 g/mol. The van der Waals surface area contributed by atoms with Crippen LogP contribution in [0, 0.1) is 0 Å². The zero-order valence-corrected chi connectivity index (χ0v) is 16.5. The highest BCUT2D eigenvalue weighted by Crippen LogP contribution is 2.45. The molecule has 2 heterocycles. The maximum Gasteiger partial charge on any atom is 0.262 e. The predicted octanol–water partition coefficient (Wildman–Crippen LogP) is 4.20. The van der Waals surface area contributed by atoms with E-state index in [1.54, 1.807) is 19.1 Å². The molecule has 7 heteroatoms. The minimum Gasteiger partial charge on any atom is -0.497 e. The van der Waals surface area contributed by atoms with Gasteiger partial charge in [-0.3, -0.25) is 9.69 Å². The molecule has 152 valence electrons. The number of anilines is 2. The smallest absolute Gasteiger partial charge is 0.262 e. The second kappa shape index (κ2) is 7.18. The van der Waals surface area contributed by atoms with E-state index in [4.69, 9.17) is 18.9 Å². The summed E-state index contributed by atoms with van der Waals surface area (Å²) in [4.78, 5) is 15.2. The number of fused-ring (bicyclic) bond motifs is 2. The largest absolute Gasteiger partial charge is 0.497 e. The first-order chi connectivity index (χ1) is 14.7. The third kappa shape index (κ3) is 2.86. The molecule has 1 amide bonds. The third-order valence-electron chi connectivity index (χ3n) is 5.27. The molecule has 0 aliphatic carbocycles. The Balaban J connectivity index is 1.65. The van der Waals surface area contributed by atoms with Crippen molar-refractivity contribution < 1.29 is 23.7 Å². The fourth-order valence-corrected chi connectivity index (χ4v) is 3.80. The van der Waals surface area contributed by atoms with Crippen LogP contribution in [0.2, 0.25) is 0 Å². The average Bonchev–Trinajstić information content (AvgIpc) is 3.27. The van der Waals surface area contributed by atoms with Gasteiger partial charge in [-0.1, -0.05) is 12.1 Å². The molecule has 1 N–H and O–H groups in total. The highest BCUT2D eigenvalue weighted by Gasteiger charge is 2.35. The number of benzene rings is 3. The number of nitrogens with zero attached hydrogens (tertiary/aromatic N) is 1. The van der Waals surface area contributed by atoms with Gasteiger partial charge in [0, 0.05) is 16.9 Å². The number of para-hydroxylation sites is 1. The number of hydrogen-bond donors (Lipinski definition) is 1. The van der Waals surface area contributed by atoms with E-state index in [0.29, 0.717) is 22.8 Å². The van der Waals surface area contributed by atoms with Crippen LogP contribution in [0.15, 0.2) is 60.7 Å². The van der Waals surface area contributed by atoms with Gasteiger partial charge in [0.25, 0.3) is 5.91 Å². The lowest BCUT2D eigenvalue weighted by molar-refractivity contribution is 0.0974. The van der Waals surface area contributed by atoms with Crippen molar-refractivity contribution in [3.05, 3.63) is 71.8 Å². The molecular weight excluding hydrogens is 384 g/mol. The Hall–Kier alpha value is -3.87. The zero-order chi connectivity index (χ0) is 20.7. The van der Waals surface area contributed by atoms with Crippen LogP contribution in [0.5, 0.6) is 23.0 Å². The Morgan fingerprint density at radius 1 is 1.00 bits per heavy atom. The maximum absolute atomic E-state index is 13.5. The van der Waals surface area contributed by atoms with E-state index in [9.17, 15) is 4.79 Å². The van der Waals surface area contributed by atoms with E-state index in [1.165, 1.54) is 0 Å². The first-order valence-corrected chi connectivity index (χ1v) is 9.50. The number of rotatable bonds is 4. The molecule has 2 aliphatic rings. The van der Waals surface area contributed by atoms with Crippen molar-refractivity contribution in [2.75, 3.05) is 31.2 Å². The van der Waals surface area contributed by atoms with Crippen LogP contribution in [0.1, 0.15) is 22.1 Å². The van der Waals surface area contributed by atoms with Gasteiger partial charge in [0.05, 0.1) is 19.8 Å². The number of nitrogens with one attached hydrogen (secondary N) is 1. The van der Waals surface area contributed by atoms with Gasteiger partial charge in [0.1, 0.15) is 11.9 Å². The summed E-state index contributed by atoms with van der Waals surface area (Å²) in [6.07, 6.45) is -0.468. The molecule has 0 bridgehead atoms. The Bertz CT molecular complexity index is 1110. The summed E-state index contributed by atoms with van der Waals surface area (Å²) in [6.45, 7) is 0.136. The molecule has 3 aromatic carbocycles. The van der Waals surface area contributed by atoms with E-state index in [1.807, 2.05) is 60.7 Å². The summed E-state index contributed by atoms with van der Waals surface area (Å²) in [7, 11) is 3.19. The second-order valence-electron chi connectivity index (χ2n) is 6.92. The molecule has 0 radical (unpaired) electrons. The maximum atomic E-state index is 13.5. The number of hydrogen-bond acceptors (Lipinski definition) is 6. The van der Waals surface area contributed by atoms with E-state index in [0.717, 1.165) is 22.7 Å². The summed E-state index contributed by atoms with van der Waals surface area (Å²) in [5, 5.41) is 3.49. The lowest BCUT2D eigenvalue weighted by Crippen LogP contribution is -2.43. The summed E-state index contributed by atoms with van der Waals surface area (Å²) >= 11 is 0. The Morgan fingerprint density at radius 3 is 2.57 bits per heavy atom. The highest BCUT2D eigenvalue weighted by molar-refractivity contribution is 6.12. The predicted molar refractivity (Wildman–Crippen MR) is 112 cm³/mol. The Kier molecular flexibility index (Phi) is 4.35. The summed E-state index contributed by atoms with van der Waals surface area (Å²) in [5.74, 6) is 2.34. The van der Waals surface area contributed by atoms with E-state index in [-0.39, 0.29) is 12.7 Å². The minimum absolute atomic E-state index is 0.101. The van der Waals surface area contributed by atoms with Crippen molar-refractivity contribution in [2.24, 2.45) is 0 Å². The van der Waals surface area contributed by atoms with Gasteiger partial charge in [0.2, 0.25) is 12.5 Å². The van der Waals surface area contributed by atoms with Gasteiger partial charge in [0.15, 0.2) is 11.5 Å². The fourth-order valence-electron chi connectivity index (χ4n) is 3.80. The normalized spacial score (nSPS) is 16.7. The molecule has 0 aromatic heterocycles. The van der Waals surface area contributed by atoms with Crippen LogP contribution < -0.4 is 29.2 Å². The Labute approximate surface area is 173 Å². The number of ether oxygens (including phenoxy) is 4. The van der Waals surface area contributed by atoms with Gasteiger partial charge in [-0.25, -0.2) is 0 Å².